The highest BCUT2D eigenvalue weighted by molar-refractivity contribution is 7.94. The molecule has 2 aliphatic carbocycles. The predicted molar refractivity (Wildman–Crippen MR) is 198 cm³/mol. The van der Waals surface area contributed by atoms with E-state index in [0.29, 0.717) is 0 Å². The van der Waals surface area contributed by atoms with E-state index in [1.54, 1.807) is 6.07 Å². The van der Waals surface area contributed by atoms with Crippen LogP contribution in [0.1, 0.15) is 63.6 Å². The Balaban J connectivity index is 1.17. The summed E-state index contributed by atoms with van der Waals surface area (Å²) in [5.74, 6) is 0. The fourth-order valence-electron chi connectivity index (χ4n) is 7.96. The Kier molecular flexibility index (Phi) is 8.92. The lowest BCUT2D eigenvalue weighted by atomic mass is 9.78. The largest absolute Gasteiger partial charge is 0.744 e. The minimum atomic E-state index is -4.55. The molecule has 3 aliphatic rings. The van der Waals surface area contributed by atoms with Crippen molar-refractivity contribution in [3.8, 4) is 0 Å². The van der Waals surface area contributed by atoms with Crippen LogP contribution < -0.4 is 10.2 Å². The highest BCUT2D eigenvalue weighted by Gasteiger charge is 2.40. The molecule has 1 heterocycles. The van der Waals surface area contributed by atoms with Gasteiger partial charge in [-0.1, -0.05) is 93.9 Å². The Morgan fingerprint density at radius 3 is 2.36 bits per heavy atom. The summed E-state index contributed by atoms with van der Waals surface area (Å²) in [7, 11) is -2.51. The Morgan fingerprint density at radius 1 is 0.880 bits per heavy atom. The third-order valence-corrected chi connectivity index (χ3v) is 12.3. The molecule has 0 spiro atoms. The molecule has 10 heteroatoms. The van der Waals surface area contributed by atoms with Crippen molar-refractivity contribution in [2.24, 2.45) is 0 Å². The van der Waals surface area contributed by atoms with E-state index in [9.17, 15) is 18.2 Å². The molecule has 0 saturated heterocycles. The van der Waals surface area contributed by atoms with Gasteiger partial charge in [0.15, 0.2) is 0 Å². The molecule has 0 atom stereocenters. The number of fused-ring (bicyclic) bond motifs is 6. The number of rotatable bonds is 7. The van der Waals surface area contributed by atoms with Crippen molar-refractivity contribution < 1.29 is 27.6 Å². The molecular formula is C40H36ClNO6S2-2. The second-order valence-corrected chi connectivity index (χ2v) is 16.6. The fraction of sp³-hybridized carbons (Fsp3) is 0.250. The molecule has 4 aromatic carbocycles. The van der Waals surface area contributed by atoms with E-state index in [1.807, 2.05) is 31.3 Å². The van der Waals surface area contributed by atoms with Crippen LogP contribution in [0.15, 0.2) is 122 Å². The van der Waals surface area contributed by atoms with Crippen molar-refractivity contribution in [3.63, 3.8) is 0 Å². The third-order valence-electron chi connectivity index (χ3n) is 10.4. The summed E-state index contributed by atoms with van der Waals surface area (Å²) in [6.07, 6.45) is 13.7. The van der Waals surface area contributed by atoms with Gasteiger partial charge in [-0.05, 0) is 111 Å². The lowest BCUT2D eigenvalue weighted by Gasteiger charge is -2.25. The summed E-state index contributed by atoms with van der Waals surface area (Å²) >= 11 is 8.01. The summed E-state index contributed by atoms with van der Waals surface area (Å²) < 4.78 is 39.5. The molecule has 0 radical (unpaired) electrons. The van der Waals surface area contributed by atoms with Crippen molar-refractivity contribution in [2.45, 2.75) is 67.6 Å². The van der Waals surface area contributed by atoms with Crippen LogP contribution in [0.2, 0.25) is 0 Å². The second kappa shape index (κ2) is 12.8. The number of anilines is 1. The number of nitrogens with zero attached hydrogens (tertiary/aromatic N) is 1. The first-order valence-electron chi connectivity index (χ1n) is 16.4. The van der Waals surface area contributed by atoms with Gasteiger partial charge >= 0.3 is 0 Å². The summed E-state index contributed by atoms with van der Waals surface area (Å²) in [6, 6.07) is 18.7. The summed E-state index contributed by atoms with van der Waals surface area (Å²) in [5, 5.41) is 18.4. The summed E-state index contributed by atoms with van der Waals surface area (Å²) in [5.41, 5.74) is 8.47. The highest BCUT2D eigenvalue weighted by Crippen LogP contribution is 2.51. The van der Waals surface area contributed by atoms with Gasteiger partial charge in [0.2, 0.25) is 0 Å². The standard InChI is InChI=1S/C40H38ClNO6S2/c1-39(2)29(21-28-10-9-26-22-30(49-48-47-43)15-17-32(26)36(28)39)14-11-24-7-6-8-25(38(24)41)13-20-35-40(3,4)37-33-18-16-31(50(44,45)46)23-27(33)12-19-34(37)42(35)5/h9-23,43H,6-8H2,1-5H3,(H,44,45,46)/p-2/b14-11+,25-13+,35-20+. The van der Waals surface area contributed by atoms with Crippen molar-refractivity contribution in [1.29, 1.82) is 0 Å². The molecule has 7 nitrogen and oxygen atoms in total. The lowest BCUT2D eigenvalue weighted by Crippen LogP contribution is -2.22. The van der Waals surface area contributed by atoms with Gasteiger partial charge in [0.05, 0.1) is 16.9 Å². The number of likely N-dealkylation sites (N-methyl/N-ethyl adjacent to an activating group) is 1. The Bertz CT molecular complexity index is 2350. The highest BCUT2D eigenvalue weighted by atomic mass is 35.5. The van der Waals surface area contributed by atoms with Crippen LogP contribution in [0.4, 0.5) is 5.69 Å². The molecule has 4 aromatic rings. The van der Waals surface area contributed by atoms with E-state index in [0.717, 1.165) is 90.9 Å². The zero-order valence-electron chi connectivity index (χ0n) is 28.4. The zero-order chi connectivity index (χ0) is 35.6. The number of allylic oxidation sites excluding steroid dienone is 9. The van der Waals surface area contributed by atoms with Gasteiger partial charge in [-0.3, -0.25) is 5.04 Å². The Morgan fingerprint density at radius 2 is 1.60 bits per heavy atom. The second-order valence-electron chi connectivity index (χ2n) is 14.1. The first-order valence-corrected chi connectivity index (χ1v) is 18.9. The molecule has 0 fully saturated rings. The SMILES string of the molecule is CN1/C(=C/C=C2\CCCC(/C=C/C3=Cc4ccc5cc(SOO[O-])ccc5c4C3(C)C)=C2Cl)C(C)(C)c2c1ccc1cc(S(=O)(=O)[O-])ccc21. The van der Waals surface area contributed by atoms with Crippen LogP contribution in [-0.2, 0) is 30.3 Å². The first kappa shape index (κ1) is 34.8. The van der Waals surface area contributed by atoms with Gasteiger partial charge in [0, 0.05) is 39.2 Å². The lowest BCUT2D eigenvalue weighted by molar-refractivity contribution is -0.777. The number of hydrogen-bond donors (Lipinski definition) is 0. The van der Waals surface area contributed by atoms with Crippen LogP contribution in [0.25, 0.3) is 27.6 Å². The van der Waals surface area contributed by atoms with Crippen LogP contribution in [0.3, 0.4) is 0 Å². The predicted octanol–water partition coefficient (Wildman–Crippen LogP) is 9.27. The van der Waals surface area contributed by atoms with Gasteiger partial charge in [0.1, 0.15) is 10.1 Å². The van der Waals surface area contributed by atoms with Crippen molar-refractivity contribution in [2.75, 3.05) is 11.9 Å². The Labute approximate surface area is 302 Å². The molecule has 0 bridgehead atoms. The molecule has 0 N–H and O–H groups in total. The van der Waals surface area contributed by atoms with Gasteiger partial charge in [-0.15, -0.1) is 0 Å². The van der Waals surface area contributed by atoms with Gasteiger partial charge in [0.25, 0.3) is 0 Å². The van der Waals surface area contributed by atoms with Crippen LogP contribution in [-0.4, -0.2) is 20.0 Å². The monoisotopic (exact) mass is 725 g/mol. The molecule has 0 unspecified atom stereocenters. The van der Waals surface area contributed by atoms with Crippen LogP contribution >= 0.6 is 23.6 Å². The van der Waals surface area contributed by atoms with E-state index < -0.39 is 10.1 Å². The van der Waals surface area contributed by atoms with E-state index >= 15 is 0 Å². The normalized spacial score (nSPS) is 20.1. The maximum Gasteiger partial charge on any atom is 0.124 e. The minimum absolute atomic E-state index is 0.224. The molecule has 1 aliphatic heterocycles. The van der Waals surface area contributed by atoms with Crippen molar-refractivity contribution >= 4 is 67.1 Å². The topological polar surface area (TPSA) is 102 Å². The Hall–Kier alpha value is -3.67. The third kappa shape index (κ3) is 5.94. The van der Waals surface area contributed by atoms with E-state index in [2.05, 4.69) is 90.5 Å². The summed E-state index contributed by atoms with van der Waals surface area (Å²) in [4.78, 5) is 2.74. The molecular weight excluding hydrogens is 690 g/mol. The average molecular weight is 726 g/mol. The maximum absolute atomic E-state index is 11.7. The first-order chi connectivity index (χ1) is 23.7. The molecule has 7 rings (SSSR count). The average Bonchev–Trinajstić information content (AvgIpc) is 3.45. The van der Waals surface area contributed by atoms with E-state index in [-0.39, 0.29) is 15.7 Å². The van der Waals surface area contributed by atoms with Crippen LogP contribution in [0, 0.1) is 0 Å². The zero-order valence-corrected chi connectivity index (χ0v) is 30.8. The molecule has 50 heavy (non-hydrogen) atoms. The quantitative estimate of drug-likeness (QED) is 0.0804. The van der Waals surface area contributed by atoms with Gasteiger partial charge < -0.3 is 14.7 Å². The number of halogens is 1. The fourth-order valence-corrected chi connectivity index (χ4v) is 9.19. The molecule has 0 saturated carbocycles. The van der Waals surface area contributed by atoms with E-state index in [4.69, 9.17) is 11.6 Å². The number of hydrogen-bond acceptors (Lipinski definition) is 8. The van der Waals surface area contributed by atoms with Gasteiger partial charge in [-0.25, -0.2) is 8.42 Å². The van der Waals surface area contributed by atoms with Crippen molar-refractivity contribution in [1.82, 2.24) is 0 Å². The van der Waals surface area contributed by atoms with Crippen molar-refractivity contribution in [3.05, 3.63) is 129 Å². The molecule has 0 amide bonds. The van der Waals surface area contributed by atoms with Gasteiger partial charge in [-0.2, -0.15) is 4.33 Å². The molecule has 258 valence electrons. The minimum Gasteiger partial charge on any atom is -0.744 e. The smallest absolute Gasteiger partial charge is 0.124 e. The number of benzene rings is 4. The van der Waals surface area contributed by atoms with E-state index in [1.165, 1.54) is 28.8 Å². The van der Waals surface area contributed by atoms with Crippen LogP contribution in [0.5, 0.6) is 0 Å². The maximum atomic E-state index is 11.7. The summed E-state index contributed by atoms with van der Waals surface area (Å²) in [6.45, 7) is 8.81. The molecule has 0 aromatic heterocycles.